The molecule has 0 bridgehead atoms. The lowest BCUT2D eigenvalue weighted by atomic mass is 9.50. The summed E-state index contributed by atoms with van der Waals surface area (Å²) >= 11 is 0. The van der Waals surface area contributed by atoms with Crippen molar-refractivity contribution >= 4 is 0 Å². The van der Waals surface area contributed by atoms with E-state index in [1.54, 1.807) is 5.57 Å². The molecule has 1 heteroatoms. The lowest BCUT2D eigenvalue weighted by Gasteiger charge is -2.54. The van der Waals surface area contributed by atoms with Crippen LogP contribution in [0.1, 0.15) is 65.7 Å². The second kappa shape index (κ2) is 4.47. The maximum Gasteiger partial charge on any atom is 0.0578 e. The van der Waals surface area contributed by atoms with E-state index in [9.17, 15) is 5.11 Å². The van der Waals surface area contributed by atoms with E-state index in [4.69, 9.17) is 0 Å². The van der Waals surface area contributed by atoms with Crippen LogP contribution in [0, 0.1) is 28.6 Å². The summed E-state index contributed by atoms with van der Waals surface area (Å²) in [5.41, 5.74) is 4.20. The maximum atomic E-state index is 10.0. The van der Waals surface area contributed by atoms with Crippen LogP contribution < -0.4 is 0 Å². The average molecular weight is 286 g/mol. The number of rotatable bonds is 0. The highest BCUT2D eigenvalue weighted by atomic mass is 16.3. The number of hydrogen-bond acceptors (Lipinski definition) is 1. The van der Waals surface area contributed by atoms with Crippen molar-refractivity contribution in [2.24, 2.45) is 28.6 Å². The minimum atomic E-state index is -0.0976. The van der Waals surface area contributed by atoms with Gasteiger partial charge in [-0.05, 0) is 73.5 Å². The molecule has 4 aliphatic carbocycles. The Balaban J connectivity index is 1.74. The van der Waals surface area contributed by atoms with Gasteiger partial charge in [0.05, 0.1) is 6.10 Å². The van der Waals surface area contributed by atoms with Crippen LogP contribution >= 0.6 is 0 Å². The molecule has 0 aromatic rings. The van der Waals surface area contributed by atoms with Gasteiger partial charge in [0.1, 0.15) is 0 Å². The predicted molar refractivity (Wildman–Crippen MR) is 86.8 cm³/mol. The second-order valence-electron chi connectivity index (χ2n) is 8.80. The minimum absolute atomic E-state index is 0.0976. The van der Waals surface area contributed by atoms with Crippen LogP contribution in [0.3, 0.4) is 0 Å². The summed E-state index contributed by atoms with van der Waals surface area (Å²) in [7, 11) is 0. The molecule has 0 saturated heterocycles. The zero-order valence-corrected chi connectivity index (χ0v) is 13.9. The topological polar surface area (TPSA) is 20.2 Å². The van der Waals surface area contributed by atoms with Crippen molar-refractivity contribution in [3.8, 4) is 0 Å². The quantitative estimate of drug-likeness (QED) is 0.674. The molecule has 0 aliphatic heterocycles. The molecule has 3 fully saturated rings. The molecule has 0 aromatic carbocycles. The summed E-state index contributed by atoms with van der Waals surface area (Å²) in [6.45, 7) is 7.52. The summed E-state index contributed by atoms with van der Waals surface area (Å²) in [5, 5.41) is 10.0. The van der Waals surface area contributed by atoms with E-state index in [0.29, 0.717) is 10.8 Å². The molecule has 0 aromatic heterocycles. The highest BCUT2D eigenvalue weighted by Crippen LogP contribution is 2.64. The zero-order valence-electron chi connectivity index (χ0n) is 13.9. The first-order chi connectivity index (χ1) is 9.95. The van der Waals surface area contributed by atoms with E-state index < -0.39 is 0 Å². The fourth-order valence-electron chi connectivity index (χ4n) is 6.24. The van der Waals surface area contributed by atoms with Gasteiger partial charge in [-0.25, -0.2) is 0 Å². The number of allylic oxidation sites excluding steroid dienone is 3. The van der Waals surface area contributed by atoms with Crippen molar-refractivity contribution in [2.45, 2.75) is 71.8 Å². The Hall–Kier alpha value is -0.560. The molecular formula is C20H30O. The van der Waals surface area contributed by atoms with Gasteiger partial charge in [-0.2, -0.15) is 0 Å². The molecule has 3 saturated carbocycles. The van der Waals surface area contributed by atoms with Crippen LogP contribution in [0.4, 0.5) is 0 Å². The number of aliphatic hydroxyl groups is 1. The Kier molecular flexibility index (Phi) is 2.99. The Labute approximate surface area is 129 Å². The molecule has 116 valence electrons. The predicted octanol–water partition coefficient (Wildman–Crippen LogP) is 4.87. The molecule has 0 amide bonds. The van der Waals surface area contributed by atoms with E-state index in [2.05, 4.69) is 32.9 Å². The molecule has 6 atom stereocenters. The summed E-state index contributed by atoms with van der Waals surface area (Å²) in [5.74, 6) is 2.47. The summed E-state index contributed by atoms with van der Waals surface area (Å²) in [6, 6.07) is 0. The standard InChI is InChI=1S/C20H30O/c1-13-4-7-17-16-6-5-14-12-15(21)8-10-20(14,3)18(16)9-11-19(13,17)2/h5-6,13,15,17-18,21H,4,7-12H2,1-3H3/t13-,15-,17?,18?,19+,20-/m0/s1. The van der Waals surface area contributed by atoms with Crippen molar-refractivity contribution in [2.75, 3.05) is 0 Å². The van der Waals surface area contributed by atoms with Crippen molar-refractivity contribution < 1.29 is 5.11 Å². The largest absolute Gasteiger partial charge is 0.393 e. The monoisotopic (exact) mass is 286 g/mol. The minimum Gasteiger partial charge on any atom is -0.393 e. The van der Waals surface area contributed by atoms with E-state index in [1.165, 1.54) is 37.7 Å². The van der Waals surface area contributed by atoms with Crippen molar-refractivity contribution in [1.82, 2.24) is 0 Å². The maximum absolute atomic E-state index is 10.0. The Morgan fingerprint density at radius 3 is 2.62 bits per heavy atom. The van der Waals surface area contributed by atoms with Gasteiger partial charge in [-0.3, -0.25) is 0 Å². The van der Waals surface area contributed by atoms with Crippen LogP contribution in [0.5, 0.6) is 0 Å². The number of hydrogen-bond donors (Lipinski definition) is 1. The number of fused-ring (bicyclic) bond motifs is 5. The van der Waals surface area contributed by atoms with E-state index in [1.807, 2.05) is 0 Å². The van der Waals surface area contributed by atoms with E-state index in [0.717, 1.165) is 30.6 Å². The fourth-order valence-corrected chi connectivity index (χ4v) is 6.24. The second-order valence-corrected chi connectivity index (χ2v) is 8.80. The van der Waals surface area contributed by atoms with E-state index >= 15 is 0 Å². The van der Waals surface area contributed by atoms with Crippen molar-refractivity contribution in [3.05, 3.63) is 23.3 Å². The number of aliphatic hydroxyl groups excluding tert-OH is 1. The first-order valence-corrected chi connectivity index (χ1v) is 9.04. The van der Waals surface area contributed by atoms with Crippen molar-refractivity contribution in [1.29, 1.82) is 0 Å². The summed E-state index contributed by atoms with van der Waals surface area (Å²) in [6.07, 6.45) is 13.5. The van der Waals surface area contributed by atoms with Crippen LogP contribution in [-0.2, 0) is 0 Å². The van der Waals surface area contributed by atoms with Crippen LogP contribution in [0.2, 0.25) is 0 Å². The van der Waals surface area contributed by atoms with Crippen LogP contribution in [0.15, 0.2) is 23.3 Å². The molecule has 4 rings (SSSR count). The van der Waals surface area contributed by atoms with Crippen LogP contribution in [0.25, 0.3) is 0 Å². The Morgan fingerprint density at radius 1 is 1.00 bits per heavy atom. The first kappa shape index (κ1) is 14.1. The molecular weight excluding hydrogens is 256 g/mol. The van der Waals surface area contributed by atoms with Crippen molar-refractivity contribution in [3.63, 3.8) is 0 Å². The Bertz CT molecular complexity index is 516. The van der Waals surface area contributed by atoms with Gasteiger partial charge in [0.2, 0.25) is 0 Å². The van der Waals surface area contributed by atoms with Gasteiger partial charge in [0.15, 0.2) is 0 Å². The molecule has 1 nitrogen and oxygen atoms in total. The molecule has 0 spiro atoms. The third-order valence-electron chi connectivity index (χ3n) is 8.02. The van der Waals surface area contributed by atoms with Gasteiger partial charge in [0.25, 0.3) is 0 Å². The van der Waals surface area contributed by atoms with E-state index in [-0.39, 0.29) is 6.10 Å². The lowest BCUT2D eigenvalue weighted by Crippen LogP contribution is -2.45. The first-order valence-electron chi connectivity index (χ1n) is 9.04. The van der Waals surface area contributed by atoms with Gasteiger partial charge >= 0.3 is 0 Å². The lowest BCUT2D eigenvalue weighted by molar-refractivity contribution is 0.0476. The SMILES string of the molecule is C[C@H]1CCC2C3=CC=C4C[C@@H](O)CC[C@]4(C)C3CC[C@@]21C. The zero-order chi connectivity index (χ0) is 14.8. The normalized spacial score (nSPS) is 52.4. The third kappa shape index (κ3) is 1.79. The highest BCUT2D eigenvalue weighted by molar-refractivity contribution is 5.38. The Morgan fingerprint density at radius 2 is 1.81 bits per heavy atom. The van der Waals surface area contributed by atoms with Gasteiger partial charge in [-0.1, -0.05) is 44.1 Å². The molecule has 4 aliphatic rings. The summed E-state index contributed by atoms with van der Waals surface area (Å²) in [4.78, 5) is 0. The molecule has 2 unspecified atom stereocenters. The molecule has 0 radical (unpaired) electrons. The smallest absolute Gasteiger partial charge is 0.0578 e. The average Bonchev–Trinajstić information content (AvgIpc) is 2.76. The van der Waals surface area contributed by atoms with Gasteiger partial charge in [-0.15, -0.1) is 0 Å². The summed E-state index contributed by atoms with van der Waals surface area (Å²) < 4.78 is 0. The molecule has 21 heavy (non-hydrogen) atoms. The fraction of sp³-hybridized carbons (Fsp3) is 0.800. The molecule has 0 heterocycles. The third-order valence-corrected chi connectivity index (χ3v) is 8.02. The van der Waals surface area contributed by atoms with Gasteiger partial charge < -0.3 is 5.11 Å². The highest BCUT2D eigenvalue weighted by Gasteiger charge is 2.55. The van der Waals surface area contributed by atoms with Crippen LogP contribution in [-0.4, -0.2) is 11.2 Å². The van der Waals surface area contributed by atoms with Gasteiger partial charge in [0, 0.05) is 0 Å². The molecule has 1 N–H and O–H groups in total.